The molecule has 0 fully saturated rings. The summed E-state index contributed by atoms with van der Waals surface area (Å²) in [6, 6.07) is 11.5. The molecule has 1 aromatic heterocycles. The highest BCUT2D eigenvalue weighted by molar-refractivity contribution is 7.11. The first kappa shape index (κ1) is 15.3. The maximum Gasteiger partial charge on any atom is 0.348 e. The second-order valence-corrected chi connectivity index (χ2v) is 5.53. The molecule has 1 heterocycles. The molecule has 21 heavy (non-hydrogen) atoms. The number of thiophene rings is 1. The molecule has 1 N–H and O–H groups in total. The summed E-state index contributed by atoms with van der Waals surface area (Å²) < 4.78 is 4.93. The number of esters is 1. The van der Waals surface area contributed by atoms with Gasteiger partial charge in [-0.15, -0.1) is 11.3 Å². The molecule has 0 saturated carbocycles. The SMILES string of the molecule is Cc1ccccc1CCNC(=O)COC(=O)c1cccs1. The Morgan fingerprint density at radius 3 is 2.71 bits per heavy atom. The van der Waals surface area contributed by atoms with Crippen molar-refractivity contribution in [1.82, 2.24) is 5.32 Å². The molecule has 0 bridgehead atoms. The van der Waals surface area contributed by atoms with E-state index in [2.05, 4.69) is 5.32 Å². The Kier molecular flexibility index (Phi) is 5.51. The third kappa shape index (κ3) is 4.72. The zero-order valence-corrected chi connectivity index (χ0v) is 12.6. The van der Waals surface area contributed by atoms with Gasteiger partial charge in [-0.05, 0) is 35.9 Å². The van der Waals surface area contributed by atoms with Crippen LogP contribution in [0.2, 0.25) is 0 Å². The molecule has 110 valence electrons. The lowest BCUT2D eigenvalue weighted by atomic mass is 10.1. The van der Waals surface area contributed by atoms with Crippen molar-refractivity contribution >= 4 is 23.2 Å². The van der Waals surface area contributed by atoms with Crippen molar-refractivity contribution in [3.8, 4) is 0 Å². The van der Waals surface area contributed by atoms with E-state index in [0.29, 0.717) is 11.4 Å². The Morgan fingerprint density at radius 2 is 2.00 bits per heavy atom. The van der Waals surface area contributed by atoms with Gasteiger partial charge < -0.3 is 10.1 Å². The van der Waals surface area contributed by atoms with E-state index >= 15 is 0 Å². The van der Waals surface area contributed by atoms with E-state index in [1.165, 1.54) is 22.5 Å². The van der Waals surface area contributed by atoms with Crippen LogP contribution in [0.4, 0.5) is 0 Å². The minimum absolute atomic E-state index is 0.246. The van der Waals surface area contributed by atoms with Crippen molar-refractivity contribution in [1.29, 1.82) is 0 Å². The quantitative estimate of drug-likeness (QED) is 0.835. The highest BCUT2D eigenvalue weighted by Gasteiger charge is 2.10. The molecule has 1 amide bonds. The second kappa shape index (κ2) is 7.59. The van der Waals surface area contributed by atoms with Crippen molar-refractivity contribution in [3.63, 3.8) is 0 Å². The average molecular weight is 303 g/mol. The predicted molar refractivity (Wildman–Crippen MR) is 82.5 cm³/mol. The van der Waals surface area contributed by atoms with Crippen LogP contribution in [-0.2, 0) is 16.0 Å². The van der Waals surface area contributed by atoms with Crippen LogP contribution in [-0.4, -0.2) is 25.0 Å². The number of carbonyl (C=O) groups is 2. The molecule has 0 radical (unpaired) electrons. The van der Waals surface area contributed by atoms with E-state index in [-0.39, 0.29) is 12.5 Å². The third-order valence-corrected chi connectivity index (χ3v) is 3.88. The summed E-state index contributed by atoms with van der Waals surface area (Å²) >= 11 is 1.29. The maximum absolute atomic E-state index is 11.6. The molecule has 4 nitrogen and oxygen atoms in total. The van der Waals surface area contributed by atoms with Gasteiger partial charge in [-0.1, -0.05) is 30.3 Å². The van der Waals surface area contributed by atoms with Gasteiger partial charge in [-0.3, -0.25) is 4.79 Å². The van der Waals surface area contributed by atoms with E-state index < -0.39 is 5.97 Å². The summed E-state index contributed by atoms with van der Waals surface area (Å²) in [6.07, 6.45) is 0.761. The van der Waals surface area contributed by atoms with Crippen molar-refractivity contribution in [2.45, 2.75) is 13.3 Å². The number of rotatable bonds is 6. The van der Waals surface area contributed by atoms with E-state index in [9.17, 15) is 9.59 Å². The normalized spacial score (nSPS) is 10.1. The summed E-state index contributed by atoms with van der Waals surface area (Å²) in [5.74, 6) is -0.743. The first-order chi connectivity index (χ1) is 10.2. The van der Waals surface area contributed by atoms with Gasteiger partial charge in [-0.2, -0.15) is 0 Å². The number of ether oxygens (including phenoxy) is 1. The maximum atomic E-state index is 11.6. The highest BCUT2D eigenvalue weighted by Crippen LogP contribution is 2.09. The molecule has 0 unspecified atom stereocenters. The molecule has 0 spiro atoms. The standard InChI is InChI=1S/C16H17NO3S/c1-12-5-2-3-6-13(12)8-9-17-15(18)11-20-16(19)14-7-4-10-21-14/h2-7,10H,8-9,11H2,1H3,(H,17,18). The van der Waals surface area contributed by atoms with Crippen molar-refractivity contribution in [3.05, 3.63) is 57.8 Å². The third-order valence-electron chi connectivity index (χ3n) is 3.03. The smallest absolute Gasteiger partial charge is 0.348 e. The van der Waals surface area contributed by atoms with E-state index in [1.807, 2.05) is 31.2 Å². The molecule has 0 atom stereocenters. The fourth-order valence-corrected chi connectivity index (χ4v) is 2.49. The number of aryl methyl sites for hydroxylation is 1. The molecule has 0 saturated heterocycles. The van der Waals surface area contributed by atoms with Gasteiger partial charge in [0.25, 0.3) is 5.91 Å². The van der Waals surface area contributed by atoms with Crippen molar-refractivity contribution in [2.24, 2.45) is 0 Å². The van der Waals surface area contributed by atoms with Gasteiger partial charge in [0.2, 0.25) is 0 Å². The van der Waals surface area contributed by atoms with Gasteiger partial charge in [0.1, 0.15) is 4.88 Å². The van der Waals surface area contributed by atoms with Gasteiger partial charge in [0, 0.05) is 6.54 Å². The fourth-order valence-electron chi connectivity index (χ4n) is 1.88. The van der Waals surface area contributed by atoms with Crippen molar-refractivity contribution < 1.29 is 14.3 Å². The number of hydrogen-bond acceptors (Lipinski definition) is 4. The van der Waals surface area contributed by atoms with E-state index in [0.717, 1.165) is 6.42 Å². The first-order valence-electron chi connectivity index (χ1n) is 6.68. The van der Waals surface area contributed by atoms with Crippen LogP contribution in [0.15, 0.2) is 41.8 Å². The molecular formula is C16H17NO3S. The summed E-state index contributed by atoms with van der Waals surface area (Å²) in [7, 11) is 0. The Morgan fingerprint density at radius 1 is 1.19 bits per heavy atom. The molecule has 2 rings (SSSR count). The van der Waals surface area contributed by atoms with Crippen LogP contribution in [0.3, 0.4) is 0 Å². The lowest BCUT2D eigenvalue weighted by Gasteiger charge is -2.07. The van der Waals surface area contributed by atoms with E-state index in [4.69, 9.17) is 4.74 Å². The molecule has 1 aromatic carbocycles. The van der Waals surface area contributed by atoms with Crippen LogP contribution in [0.5, 0.6) is 0 Å². The Labute approximate surface area is 127 Å². The molecular weight excluding hydrogens is 286 g/mol. The Balaban J connectivity index is 1.68. The summed E-state index contributed by atoms with van der Waals surface area (Å²) in [5, 5.41) is 4.54. The number of benzene rings is 1. The minimum atomic E-state index is -0.459. The first-order valence-corrected chi connectivity index (χ1v) is 7.56. The van der Waals surface area contributed by atoms with Crippen LogP contribution in [0, 0.1) is 6.92 Å². The zero-order valence-electron chi connectivity index (χ0n) is 11.8. The van der Waals surface area contributed by atoms with Gasteiger partial charge in [0.05, 0.1) is 0 Å². The van der Waals surface area contributed by atoms with Crippen LogP contribution < -0.4 is 5.32 Å². The lowest BCUT2D eigenvalue weighted by Crippen LogP contribution is -2.30. The van der Waals surface area contributed by atoms with E-state index in [1.54, 1.807) is 17.5 Å². The summed E-state index contributed by atoms with van der Waals surface area (Å²) in [4.78, 5) is 23.7. The predicted octanol–water partition coefficient (Wildman–Crippen LogP) is 2.57. The zero-order chi connectivity index (χ0) is 15.1. The summed E-state index contributed by atoms with van der Waals surface area (Å²) in [5.41, 5.74) is 2.41. The Bertz CT molecular complexity index is 608. The molecule has 5 heteroatoms. The minimum Gasteiger partial charge on any atom is -0.451 e. The second-order valence-electron chi connectivity index (χ2n) is 4.58. The van der Waals surface area contributed by atoms with Gasteiger partial charge >= 0.3 is 5.97 Å². The number of carbonyl (C=O) groups excluding carboxylic acids is 2. The number of nitrogens with one attached hydrogen (secondary N) is 1. The number of hydrogen-bond donors (Lipinski definition) is 1. The molecule has 2 aromatic rings. The fraction of sp³-hybridized carbons (Fsp3) is 0.250. The monoisotopic (exact) mass is 303 g/mol. The topological polar surface area (TPSA) is 55.4 Å². The van der Waals surface area contributed by atoms with Crippen LogP contribution >= 0.6 is 11.3 Å². The van der Waals surface area contributed by atoms with Crippen LogP contribution in [0.1, 0.15) is 20.8 Å². The molecule has 0 aliphatic heterocycles. The highest BCUT2D eigenvalue weighted by atomic mass is 32.1. The molecule has 0 aliphatic carbocycles. The van der Waals surface area contributed by atoms with Gasteiger partial charge in [-0.25, -0.2) is 4.79 Å². The van der Waals surface area contributed by atoms with Gasteiger partial charge in [0.15, 0.2) is 6.61 Å². The Hall–Kier alpha value is -2.14. The molecule has 0 aliphatic rings. The summed E-state index contributed by atoms with van der Waals surface area (Å²) in [6.45, 7) is 2.32. The van der Waals surface area contributed by atoms with Crippen LogP contribution in [0.25, 0.3) is 0 Å². The number of amides is 1. The largest absolute Gasteiger partial charge is 0.451 e. The lowest BCUT2D eigenvalue weighted by molar-refractivity contribution is -0.124. The average Bonchev–Trinajstić information content (AvgIpc) is 3.01. The van der Waals surface area contributed by atoms with Crippen molar-refractivity contribution in [2.75, 3.05) is 13.2 Å².